The Morgan fingerprint density at radius 3 is 2.48 bits per heavy atom. The zero-order chi connectivity index (χ0) is 22.2. The number of nitrogens with zero attached hydrogens (tertiary/aromatic N) is 2. The van der Waals surface area contributed by atoms with Gasteiger partial charge in [-0.05, 0) is 6.07 Å². The summed E-state index contributed by atoms with van der Waals surface area (Å²) in [6, 6.07) is 13.7. The van der Waals surface area contributed by atoms with Gasteiger partial charge in [0.05, 0.1) is 23.6 Å². The Bertz CT molecular complexity index is 1410. The van der Waals surface area contributed by atoms with Crippen LogP contribution in [0.3, 0.4) is 0 Å². The molecule has 0 spiro atoms. The fourth-order valence-electron chi connectivity index (χ4n) is 4.29. The van der Waals surface area contributed by atoms with Crippen molar-refractivity contribution in [2.75, 3.05) is 6.54 Å². The van der Waals surface area contributed by atoms with E-state index in [4.69, 9.17) is 5.73 Å². The third-order valence-corrected chi connectivity index (χ3v) is 5.80. The van der Waals surface area contributed by atoms with Gasteiger partial charge in [0.25, 0.3) is 5.56 Å². The van der Waals surface area contributed by atoms with Gasteiger partial charge in [0, 0.05) is 53.3 Å². The normalized spacial score (nSPS) is 12.7. The average Bonchev–Trinajstić information content (AvgIpc) is 3.42. The van der Waals surface area contributed by atoms with E-state index in [1.807, 2.05) is 24.3 Å². The minimum absolute atomic E-state index is 0. The summed E-state index contributed by atoms with van der Waals surface area (Å²) >= 11 is 0. The topological polar surface area (TPSA) is 123 Å². The molecular formula is C24H22ClN5O3. The van der Waals surface area contributed by atoms with Gasteiger partial charge in [0.1, 0.15) is 0 Å². The van der Waals surface area contributed by atoms with E-state index in [0.29, 0.717) is 34.0 Å². The van der Waals surface area contributed by atoms with E-state index in [1.165, 1.54) is 6.33 Å². The summed E-state index contributed by atoms with van der Waals surface area (Å²) in [6.45, 7) is 0.423. The number of H-pyrrole nitrogens is 1. The van der Waals surface area contributed by atoms with E-state index in [9.17, 15) is 14.4 Å². The lowest BCUT2D eigenvalue weighted by Gasteiger charge is -2.16. The monoisotopic (exact) mass is 463 g/mol. The summed E-state index contributed by atoms with van der Waals surface area (Å²) in [6.07, 6.45) is 3.49. The molecule has 2 heterocycles. The van der Waals surface area contributed by atoms with E-state index in [-0.39, 0.29) is 42.7 Å². The lowest BCUT2D eigenvalue weighted by atomic mass is 10.0. The molecule has 33 heavy (non-hydrogen) atoms. The number of imidazole rings is 1. The van der Waals surface area contributed by atoms with Gasteiger partial charge in [0.2, 0.25) is 5.91 Å². The van der Waals surface area contributed by atoms with Gasteiger partial charge < -0.3 is 20.6 Å². The van der Waals surface area contributed by atoms with Crippen LogP contribution < -0.4 is 16.6 Å². The fourth-order valence-corrected chi connectivity index (χ4v) is 4.29. The van der Waals surface area contributed by atoms with Gasteiger partial charge in [-0.2, -0.15) is 0 Å². The van der Waals surface area contributed by atoms with E-state index in [2.05, 4.69) is 15.3 Å². The van der Waals surface area contributed by atoms with Crippen molar-refractivity contribution < 1.29 is 9.59 Å². The lowest BCUT2D eigenvalue weighted by molar-refractivity contribution is -0.122. The summed E-state index contributed by atoms with van der Waals surface area (Å²) < 4.78 is 1.59. The molecule has 0 bridgehead atoms. The van der Waals surface area contributed by atoms with Gasteiger partial charge in [0.15, 0.2) is 5.78 Å². The van der Waals surface area contributed by atoms with E-state index in [1.54, 1.807) is 35.0 Å². The van der Waals surface area contributed by atoms with Crippen LogP contribution in [-0.2, 0) is 17.8 Å². The number of ketones is 1. The molecule has 4 N–H and O–H groups in total. The summed E-state index contributed by atoms with van der Waals surface area (Å²) in [4.78, 5) is 45.8. The van der Waals surface area contributed by atoms with Crippen LogP contribution in [-0.4, -0.2) is 38.8 Å². The molecule has 1 aliphatic carbocycles. The number of hydrogen-bond acceptors (Lipinski definition) is 5. The minimum atomic E-state index is -0.739. The van der Waals surface area contributed by atoms with Crippen LogP contribution in [0.25, 0.3) is 22.0 Å². The van der Waals surface area contributed by atoms with Crippen molar-refractivity contribution in [1.29, 1.82) is 0 Å². The second-order valence-electron chi connectivity index (χ2n) is 7.78. The molecule has 1 unspecified atom stereocenters. The third-order valence-electron chi connectivity index (χ3n) is 5.80. The standard InChI is InChI=1S/C24H21N5O3.ClH/c25-19(11-14-12-26-13-28-14)23(31)27-9-10-29-21-16-6-2-3-7-17(16)22(30)20(21)15-5-1-4-8-18(15)24(29)32;/h1-8,12-13,19H,9-11,25H2,(H,26,28)(H,27,31);1H. The Morgan fingerprint density at radius 2 is 1.76 bits per heavy atom. The Kier molecular flexibility index (Phi) is 6.13. The van der Waals surface area contributed by atoms with Gasteiger partial charge in [-0.15, -0.1) is 12.4 Å². The van der Waals surface area contributed by atoms with E-state index >= 15 is 0 Å². The molecule has 0 saturated heterocycles. The zero-order valence-electron chi connectivity index (χ0n) is 17.6. The van der Waals surface area contributed by atoms with Crippen LogP contribution in [0.2, 0.25) is 0 Å². The molecule has 1 atom stereocenters. The molecule has 4 aromatic rings. The van der Waals surface area contributed by atoms with Gasteiger partial charge in [-0.25, -0.2) is 4.98 Å². The van der Waals surface area contributed by atoms with Crippen molar-refractivity contribution in [2.24, 2.45) is 5.73 Å². The zero-order valence-corrected chi connectivity index (χ0v) is 18.4. The van der Waals surface area contributed by atoms with E-state index < -0.39 is 6.04 Å². The fraction of sp³-hybridized carbons (Fsp3) is 0.167. The Balaban J connectivity index is 0.00000259. The quantitative estimate of drug-likeness (QED) is 0.355. The number of carbonyl (C=O) groups is 2. The van der Waals surface area contributed by atoms with Crippen molar-refractivity contribution >= 4 is 34.9 Å². The van der Waals surface area contributed by atoms with Crippen LogP contribution in [0.15, 0.2) is 65.8 Å². The maximum Gasteiger partial charge on any atom is 0.259 e. The second-order valence-corrected chi connectivity index (χ2v) is 7.78. The highest BCUT2D eigenvalue weighted by Crippen LogP contribution is 2.38. The number of aromatic amines is 1. The van der Waals surface area contributed by atoms with Crippen LogP contribution >= 0.6 is 12.4 Å². The number of amides is 1. The minimum Gasteiger partial charge on any atom is -0.353 e. The van der Waals surface area contributed by atoms with Crippen molar-refractivity contribution in [2.45, 2.75) is 19.0 Å². The number of aromatic nitrogens is 3. The number of pyridine rings is 1. The van der Waals surface area contributed by atoms with Crippen molar-refractivity contribution in [3.63, 3.8) is 0 Å². The lowest BCUT2D eigenvalue weighted by Crippen LogP contribution is -2.43. The summed E-state index contributed by atoms with van der Waals surface area (Å²) in [7, 11) is 0. The number of carbonyl (C=O) groups excluding carboxylic acids is 2. The smallest absolute Gasteiger partial charge is 0.259 e. The highest BCUT2D eigenvalue weighted by Gasteiger charge is 2.32. The summed E-state index contributed by atoms with van der Waals surface area (Å²) in [5.74, 6) is -0.410. The van der Waals surface area contributed by atoms with Gasteiger partial charge in [-0.3, -0.25) is 14.4 Å². The first-order valence-corrected chi connectivity index (χ1v) is 10.4. The molecule has 2 aromatic carbocycles. The molecule has 0 aliphatic heterocycles. The molecule has 168 valence electrons. The molecule has 0 radical (unpaired) electrons. The molecule has 0 saturated carbocycles. The molecular weight excluding hydrogens is 442 g/mol. The number of hydrogen-bond donors (Lipinski definition) is 3. The Labute approximate surface area is 195 Å². The number of nitrogens with one attached hydrogen (secondary N) is 2. The molecule has 0 fully saturated rings. The SMILES string of the molecule is Cl.NC(Cc1cnc[nH]1)C(=O)NCCn1c2c(c3ccccc3c1=O)C(=O)c1ccccc1-2. The number of benzene rings is 2. The number of fused-ring (bicyclic) bond motifs is 5. The highest BCUT2D eigenvalue weighted by molar-refractivity contribution is 6.26. The largest absolute Gasteiger partial charge is 0.353 e. The predicted octanol–water partition coefficient (Wildman–Crippen LogP) is 2.04. The summed E-state index contributed by atoms with van der Waals surface area (Å²) in [5.41, 5.74) is 9.01. The highest BCUT2D eigenvalue weighted by atomic mass is 35.5. The summed E-state index contributed by atoms with van der Waals surface area (Å²) in [5, 5.41) is 3.93. The molecule has 9 heteroatoms. The first kappa shape index (κ1) is 22.4. The van der Waals surface area contributed by atoms with Crippen LogP contribution in [0.5, 0.6) is 0 Å². The molecule has 8 nitrogen and oxygen atoms in total. The number of halogens is 1. The van der Waals surface area contributed by atoms with Crippen LogP contribution in [0, 0.1) is 0 Å². The van der Waals surface area contributed by atoms with E-state index in [0.717, 1.165) is 11.3 Å². The Morgan fingerprint density at radius 1 is 1.06 bits per heavy atom. The van der Waals surface area contributed by atoms with Crippen molar-refractivity contribution in [1.82, 2.24) is 19.9 Å². The molecule has 1 aliphatic rings. The first-order valence-electron chi connectivity index (χ1n) is 10.4. The van der Waals surface area contributed by atoms with Crippen LogP contribution in [0.4, 0.5) is 0 Å². The maximum atomic E-state index is 13.3. The molecule has 2 aromatic heterocycles. The molecule has 1 amide bonds. The van der Waals surface area contributed by atoms with Gasteiger partial charge in [-0.1, -0.05) is 42.5 Å². The van der Waals surface area contributed by atoms with Gasteiger partial charge >= 0.3 is 0 Å². The van der Waals surface area contributed by atoms with Crippen LogP contribution in [0.1, 0.15) is 21.6 Å². The molecule has 5 rings (SSSR count). The first-order chi connectivity index (χ1) is 15.6. The average molecular weight is 464 g/mol. The van der Waals surface area contributed by atoms with Crippen molar-refractivity contribution in [3.8, 4) is 11.3 Å². The second kappa shape index (κ2) is 9.01. The third kappa shape index (κ3) is 3.83. The Hall–Kier alpha value is -3.75. The predicted molar refractivity (Wildman–Crippen MR) is 128 cm³/mol. The number of nitrogens with two attached hydrogens (primary N) is 1. The maximum absolute atomic E-state index is 13.3. The van der Waals surface area contributed by atoms with Crippen molar-refractivity contribution in [3.05, 3.63) is 88.2 Å². The number of rotatable bonds is 6.